The van der Waals surface area contributed by atoms with E-state index in [2.05, 4.69) is 47.4 Å². The number of nitriles is 1. The van der Waals surface area contributed by atoms with Crippen molar-refractivity contribution in [3.05, 3.63) is 76.9 Å². The van der Waals surface area contributed by atoms with Gasteiger partial charge in [0.05, 0.1) is 11.6 Å². The summed E-state index contributed by atoms with van der Waals surface area (Å²) in [4.78, 5) is 24.4. The summed E-state index contributed by atoms with van der Waals surface area (Å²) >= 11 is 1.84. The first-order chi connectivity index (χ1) is 16.5. The number of carboxylic acid groups (broad SMARTS) is 2. The van der Waals surface area contributed by atoms with Crippen LogP contribution in [0.1, 0.15) is 48.8 Å². The molecule has 2 aromatic carbocycles. The summed E-state index contributed by atoms with van der Waals surface area (Å²) in [5.74, 6) is -2.51. The standard InChI is InChI=1S/C23H22N2S.C4H4O4/c24-14-16-8-11-22-20(13-16)23(19-6-1-2-7-21(19)26-22)17-9-10-18-5-3-4-12-25(18)15-17;5-3(6)1-2-4(7)8/h1-2,6-8,11,13,18H,3-5,9-10,12,15H2;1-2H,(H,5,6)(H,7,8)/b23-17+;2-1+. The molecule has 174 valence electrons. The van der Waals surface area contributed by atoms with E-state index in [1.165, 1.54) is 65.1 Å². The quantitative estimate of drug-likeness (QED) is 0.493. The highest BCUT2D eigenvalue weighted by Gasteiger charge is 2.31. The average Bonchev–Trinajstić information content (AvgIpc) is 2.85. The molecule has 34 heavy (non-hydrogen) atoms. The van der Waals surface area contributed by atoms with Gasteiger partial charge in [0.15, 0.2) is 0 Å². The molecule has 6 nitrogen and oxygen atoms in total. The molecule has 0 spiro atoms. The van der Waals surface area contributed by atoms with E-state index in [0.717, 1.165) is 18.2 Å². The normalized spacial score (nSPS) is 21.3. The summed E-state index contributed by atoms with van der Waals surface area (Å²) in [6.07, 6.45) is 7.67. The lowest BCUT2D eigenvalue weighted by Gasteiger charge is -2.41. The van der Waals surface area contributed by atoms with Crippen molar-refractivity contribution in [1.82, 2.24) is 4.90 Å². The van der Waals surface area contributed by atoms with Crippen LogP contribution in [0.3, 0.4) is 0 Å². The fourth-order valence-electron chi connectivity index (χ4n) is 4.90. The number of hydrogen-bond donors (Lipinski definition) is 2. The van der Waals surface area contributed by atoms with Gasteiger partial charge in [0.2, 0.25) is 0 Å². The Morgan fingerprint density at radius 2 is 1.74 bits per heavy atom. The summed E-state index contributed by atoms with van der Waals surface area (Å²) < 4.78 is 0. The Hall–Kier alpha value is -3.34. The number of fused-ring (bicyclic) bond motifs is 3. The van der Waals surface area contributed by atoms with Gasteiger partial charge in [0.1, 0.15) is 0 Å². The van der Waals surface area contributed by atoms with Crippen molar-refractivity contribution < 1.29 is 19.8 Å². The minimum absolute atomic E-state index is 0.558. The second-order valence-corrected chi connectivity index (χ2v) is 9.65. The van der Waals surface area contributed by atoms with Crippen molar-refractivity contribution in [2.75, 3.05) is 13.1 Å². The molecule has 0 aliphatic carbocycles. The monoisotopic (exact) mass is 474 g/mol. The minimum Gasteiger partial charge on any atom is -0.478 e. The molecule has 2 aromatic rings. The van der Waals surface area contributed by atoms with Gasteiger partial charge in [-0.25, -0.2) is 9.59 Å². The van der Waals surface area contributed by atoms with Crippen molar-refractivity contribution in [1.29, 1.82) is 5.26 Å². The van der Waals surface area contributed by atoms with Crippen molar-refractivity contribution in [2.45, 2.75) is 47.9 Å². The van der Waals surface area contributed by atoms with Crippen LogP contribution >= 0.6 is 11.8 Å². The molecule has 2 fully saturated rings. The first-order valence-corrected chi connectivity index (χ1v) is 12.2. The van der Waals surface area contributed by atoms with Crippen LogP contribution in [-0.4, -0.2) is 46.2 Å². The van der Waals surface area contributed by atoms with Gasteiger partial charge in [-0.3, -0.25) is 4.90 Å². The van der Waals surface area contributed by atoms with Gasteiger partial charge >= 0.3 is 11.9 Å². The number of benzene rings is 2. The van der Waals surface area contributed by atoms with Crippen molar-refractivity contribution in [2.24, 2.45) is 0 Å². The van der Waals surface area contributed by atoms with Crippen LogP contribution in [0.4, 0.5) is 0 Å². The highest BCUT2D eigenvalue weighted by Crippen LogP contribution is 2.48. The van der Waals surface area contributed by atoms with Crippen LogP contribution in [0.15, 0.2) is 70.0 Å². The second kappa shape index (κ2) is 10.7. The fraction of sp³-hybridized carbons (Fsp3) is 0.296. The maximum Gasteiger partial charge on any atom is 0.328 e. The van der Waals surface area contributed by atoms with Gasteiger partial charge in [0, 0.05) is 34.5 Å². The van der Waals surface area contributed by atoms with Gasteiger partial charge < -0.3 is 10.2 Å². The fourth-order valence-corrected chi connectivity index (χ4v) is 5.97. The van der Waals surface area contributed by atoms with Crippen LogP contribution in [0, 0.1) is 11.3 Å². The first-order valence-electron chi connectivity index (χ1n) is 11.4. The highest BCUT2D eigenvalue weighted by atomic mass is 32.2. The molecule has 2 N–H and O–H groups in total. The third-order valence-electron chi connectivity index (χ3n) is 6.40. The second-order valence-electron chi connectivity index (χ2n) is 8.57. The molecule has 3 aliphatic heterocycles. The highest BCUT2D eigenvalue weighted by molar-refractivity contribution is 7.99. The Bertz CT molecular complexity index is 1200. The van der Waals surface area contributed by atoms with E-state index in [-0.39, 0.29) is 0 Å². The zero-order valence-electron chi connectivity index (χ0n) is 18.7. The number of carboxylic acids is 2. The summed E-state index contributed by atoms with van der Waals surface area (Å²) in [5.41, 5.74) is 6.33. The third-order valence-corrected chi connectivity index (χ3v) is 7.55. The molecule has 1 atom stereocenters. The number of carbonyl (C=O) groups is 2. The number of nitrogens with zero attached hydrogens (tertiary/aromatic N) is 2. The summed E-state index contributed by atoms with van der Waals surface area (Å²) in [6, 6.07) is 18.0. The van der Waals surface area contributed by atoms with E-state index in [1.807, 2.05) is 17.8 Å². The lowest BCUT2D eigenvalue weighted by molar-refractivity contribution is -0.134. The van der Waals surface area contributed by atoms with Crippen LogP contribution in [0.5, 0.6) is 0 Å². The minimum atomic E-state index is -1.26. The molecule has 5 rings (SSSR count). The maximum atomic E-state index is 9.55. The zero-order chi connectivity index (χ0) is 24.1. The zero-order valence-corrected chi connectivity index (χ0v) is 19.6. The Morgan fingerprint density at radius 3 is 2.47 bits per heavy atom. The summed E-state index contributed by atoms with van der Waals surface area (Å²) in [5, 5.41) is 25.0. The van der Waals surface area contributed by atoms with Crippen LogP contribution in [0.2, 0.25) is 0 Å². The molecule has 2 saturated heterocycles. The van der Waals surface area contributed by atoms with E-state index in [4.69, 9.17) is 10.2 Å². The van der Waals surface area contributed by atoms with Crippen LogP contribution in [-0.2, 0) is 9.59 Å². The molecule has 3 aliphatic rings. The summed E-state index contributed by atoms with van der Waals surface area (Å²) in [6.45, 7) is 2.33. The average molecular weight is 475 g/mol. The molecule has 7 heteroatoms. The SMILES string of the molecule is N#Cc1ccc2c(c1)/C(=C1\CCC3CCCCN3C1)c1ccccc1S2.O=C(O)/C=C/C(=O)O. The third kappa shape index (κ3) is 5.41. The maximum absolute atomic E-state index is 9.55. The molecule has 3 heterocycles. The van der Waals surface area contributed by atoms with Crippen molar-refractivity contribution in [3.63, 3.8) is 0 Å². The Balaban J connectivity index is 0.000000297. The van der Waals surface area contributed by atoms with Crippen molar-refractivity contribution >= 4 is 29.3 Å². The molecular weight excluding hydrogens is 448 g/mol. The van der Waals surface area contributed by atoms with E-state index in [0.29, 0.717) is 12.2 Å². The summed E-state index contributed by atoms with van der Waals surface area (Å²) in [7, 11) is 0. The van der Waals surface area contributed by atoms with Gasteiger partial charge in [0.25, 0.3) is 0 Å². The Kier molecular flexibility index (Phi) is 7.51. The number of piperidine rings is 2. The van der Waals surface area contributed by atoms with Gasteiger partial charge in [-0.05, 0) is 78.8 Å². The van der Waals surface area contributed by atoms with E-state index in [1.54, 1.807) is 5.57 Å². The van der Waals surface area contributed by atoms with E-state index >= 15 is 0 Å². The molecule has 0 bridgehead atoms. The van der Waals surface area contributed by atoms with Crippen molar-refractivity contribution in [3.8, 4) is 6.07 Å². The van der Waals surface area contributed by atoms with Gasteiger partial charge in [-0.15, -0.1) is 0 Å². The predicted octanol–water partition coefficient (Wildman–Crippen LogP) is 5.18. The lowest BCUT2D eigenvalue weighted by atomic mass is 9.84. The Morgan fingerprint density at radius 1 is 1.00 bits per heavy atom. The van der Waals surface area contributed by atoms with E-state index < -0.39 is 11.9 Å². The Labute approximate surface area is 203 Å². The predicted molar refractivity (Wildman–Crippen MR) is 131 cm³/mol. The van der Waals surface area contributed by atoms with Gasteiger partial charge in [-0.2, -0.15) is 5.26 Å². The topological polar surface area (TPSA) is 102 Å². The molecule has 0 radical (unpaired) electrons. The molecule has 0 saturated carbocycles. The molecule has 0 amide bonds. The number of aliphatic carboxylic acids is 2. The first kappa shape index (κ1) is 23.8. The van der Waals surface area contributed by atoms with Gasteiger partial charge in [-0.1, -0.05) is 36.4 Å². The molecular formula is C27H26N2O4S. The van der Waals surface area contributed by atoms with Crippen LogP contribution in [0.25, 0.3) is 5.57 Å². The van der Waals surface area contributed by atoms with Crippen LogP contribution < -0.4 is 0 Å². The smallest absolute Gasteiger partial charge is 0.328 e. The largest absolute Gasteiger partial charge is 0.478 e. The number of rotatable bonds is 2. The van der Waals surface area contributed by atoms with E-state index in [9.17, 15) is 14.9 Å². The number of hydrogen-bond acceptors (Lipinski definition) is 5. The lowest BCUT2D eigenvalue weighted by Crippen LogP contribution is -2.43. The molecule has 1 unspecified atom stereocenters. The molecule has 0 aromatic heterocycles.